The van der Waals surface area contributed by atoms with Gasteiger partial charge in [-0.25, -0.2) is 0 Å². The van der Waals surface area contributed by atoms with E-state index in [-0.39, 0.29) is 23.6 Å². The van der Waals surface area contributed by atoms with Gasteiger partial charge in [0.25, 0.3) is 11.8 Å². The van der Waals surface area contributed by atoms with Crippen LogP contribution in [0.2, 0.25) is 0 Å². The molecule has 1 fully saturated rings. The van der Waals surface area contributed by atoms with Crippen molar-refractivity contribution in [2.75, 3.05) is 18.5 Å². The van der Waals surface area contributed by atoms with E-state index in [1.54, 1.807) is 6.07 Å². The van der Waals surface area contributed by atoms with E-state index in [2.05, 4.69) is 15.6 Å². The number of amides is 2. The summed E-state index contributed by atoms with van der Waals surface area (Å²) in [4.78, 5) is 28.9. The number of aryl methyl sites for hydroxylation is 2. The van der Waals surface area contributed by atoms with Crippen LogP contribution >= 0.6 is 0 Å². The van der Waals surface area contributed by atoms with E-state index >= 15 is 0 Å². The van der Waals surface area contributed by atoms with Crippen LogP contribution in [0.3, 0.4) is 0 Å². The molecule has 1 unspecified atom stereocenters. The maximum absolute atomic E-state index is 12.6. The molecule has 2 aromatic rings. The number of nitrogens with one attached hydrogen (secondary N) is 2. The highest BCUT2D eigenvalue weighted by Crippen LogP contribution is 2.20. The first-order valence-corrected chi connectivity index (χ1v) is 8.78. The fraction of sp³-hybridized carbons (Fsp3) is 0.350. The van der Waals surface area contributed by atoms with Crippen LogP contribution in [0, 0.1) is 13.8 Å². The summed E-state index contributed by atoms with van der Waals surface area (Å²) in [5.74, 6) is -0.569. The van der Waals surface area contributed by atoms with E-state index < -0.39 is 0 Å². The van der Waals surface area contributed by atoms with Crippen molar-refractivity contribution in [1.82, 2.24) is 10.3 Å². The lowest BCUT2D eigenvalue weighted by Gasteiger charge is -2.12. The van der Waals surface area contributed by atoms with Crippen LogP contribution in [-0.4, -0.2) is 36.1 Å². The van der Waals surface area contributed by atoms with Gasteiger partial charge in [-0.15, -0.1) is 0 Å². The third kappa shape index (κ3) is 4.26. The van der Waals surface area contributed by atoms with Gasteiger partial charge >= 0.3 is 0 Å². The van der Waals surface area contributed by atoms with Gasteiger partial charge in [0.15, 0.2) is 0 Å². The molecule has 0 radical (unpaired) electrons. The predicted octanol–water partition coefficient (Wildman–Crippen LogP) is 2.86. The normalized spacial score (nSPS) is 16.3. The number of aromatic nitrogens is 1. The fourth-order valence-electron chi connectivity index (χ4n) is 3.00. The molecular weight excluding hydrogens is 330 g/mol. The molecule has 1 aliphatic rings. The highest BCUT2D eigenvalue weighted by atomic mass is 16.5. The molecule has 1 saturated heterocycles. The lowest BCUT2D eigenvalue weighted by molar-refractivity contribution is 0.0853. The van der Waals surface area contributed by atoms with Crippen LogP contribution < -0.4 is 10.6 Å². The van der Waals surface area contributed by atoms with Crippen molar-refractivity contribution in [3.8, 4) is 0 Å². The minimum Gasteiger partial charge on any atom is -0.376 e. The van der Waals surface area contributed by atoms with Crippen molar-refractivity contribution >= 4 is 17.5 Å². The predicted molar refractivity (Wildman–Crippen MR) is 99.4 cm³/mol. The molecule has 136 valence electrons. The van der Waals surface area contributed by atoms with Crippen molar-refractivity contribution in [2.45, 2.75) is 32.8 Å². The van der Waals surface area contributed by atoms with E-state index in [4.69, 9.17) is 4.74 Å². The second kappa shape index (κ2) is 8.10. The maximum atomic E-state index is 12.6. The first-order chi connectivity index (χ1) is 12.5. The molecule has 0 saturated carbocycles. The SMILES string of the molecule is Cc1cccc(C)c1NC(=O)c1ccnc(C(=O)NCC2CCCO2)c1. The molecule has 1 aliphatic heterocycles. The number of nitrogens with zero attached hydrogens (tertiary/aromatic N) is 1. The van der Waals surface area contributed by atoms with E-state index in [1.165, 1.54) is 12.3 Å². The monoisotopic (exact) mass is 353 g/mol. The Balaban J connectivity index is 1.68. The Hall–Kier alpha value is -2.73. The summed E-state index contributed by atoms with van der Waals surface area (Å²) in [5.41, 5.74) is 3.38. The minimum absolute atomic E-state index is 0.0643. The zero-order valence-electron chi connectivity index (χ0n) is 15.0. The van der Waals surface area contributed by atoms with Crippen molar-refractivity contribution < 1.29 is 14.3 Å². The molecule has 0 spiro atoms. The summed E-state index contributed by atoms with van der Waals surface area (Å²) in [7, 11) is 0. The molecule has 2 heterocycles. The number of hydrogen-bond acceptors (Lipinski definition) is 4. The molecule has 1 aromatic heterocycles. The number of carbonyl (C=O) groups excluding carboxylic acids is 2. The first kappa shape index (κ1) is 18.1. The van der Waals surface area contributed by atoms with E-state index in [0.29, 0.717) is 12.1 Å². The number of pyridine rings is 1. The zero-order valence-corrected chi connectivity index (χ0v) is 15.0. The van der Waals surface area contributed by atoms with Gasteiger partial charge in [-0.2, -0.15) is 0 Å². The van der Waals surface area contributed by atoms with Crippen LogP contribution in [0.15, 0.2) is 36.5 Å². The van der Waals surface area contributed by atoms with Crippen LogP contribution in [-0.2, 0) is 4.74 Å². The number of anilines is 1. The molecule has 2 amide bonds. The number of rotatable bonds is 5. The largest absolute Gasteiger partial charge is 0.376 e. The molecule has 1 atom stereocenters. The standard InChI is InChI=1S/C20H23N3O3/c1-13-5-3-6-14(2)18(13)23-19(24)15-8-9-21-17(11-15)20(25)22-12-16-7-4-10-26-16/h3,5-6,8-9,11,16H,4,7,10,12H2,1-2H3,(H,22,25)(H,23,24). The van der Waals surface area contributed by atoms with Crippen molar-refractivity contribution in [3.05, 3.63) is 58.9 Å². The third-order valence-electron chi connectivity index (χ3n) is 4.49. The molecule has 6 heteroatoms. The Morgan fingerprint density at radius 1 is 1.19 bits per heavy atom. The fourth-order valence-corrected chi connectivity index (χ4v) is 3.00. The van der Waals surface area contributed by atoms with Crippen LogP contribution in [0.1, 0.15) is 44.8 Å². The lowest BCUT2D eigenvalue weighted by Crippen LogP contribution is -2.32. The summed E-state index contributed by atoms with van der Waals surface area (Å²) < 4.78 is 5.49. The lowest BCUT2D eigenvalue weighted by atomic mass is 10.1. The summed E-state index contributed by atoms with van der Waals surface area (Å²) in [6.45, 7) is 5.09. The Morgan fingerprint density at radius 2 is 1.96 bits per heavy atom. The van der Waals surface area contributed by atoms with E-state index in [1.807, 2.05) is 32.0 Å². The van der Waals surface area contributed by atoms with Gasteiger partial charge in [-0.1, -0.05) is 18.2 Å². The molecule has 3 rings (SSSR count). The first-order valence-electron chi connectivity index (χ1n) is 8.78. The number of benzene rings is 1. The van der Waals surface area contributed by atoms with Crippen LogP contribution in [0.5, 0.6) is 0 Å². The second-order valence-electron chi connectivity index (χ2n) is 6.50. The Bertz CT molecular complexity index is 793. The number of carbonyl (C=O) groups is 2. The highest BCUT2D eigenvalue weighted by molar-refractivity contribution is 6.06. The Morgan fingerprint density at radius 3 is 2.65 bits per heavy atom. The van der Waals surface area contributed by atoms with Crippen molar-refractivity contribution in [1.29, 1.82) is 0 Å². The van der Waals surface area contributed by atoms with Gasteiger partial charge in [0.1, 0.15) is 5.69 Å². The van der Waals surface area contributed by atoms with Gasteiger partial charge in [-0.3, -0.25) is 14.6 Å². The molecule has 0 bridgehead atoms. The Labute approximate surface area is 153 Å². The maximum Gasteiger partial charge on any atom is 0.269 e. The minimum atomic E-state index is -0.303. The van der Waals surface area contributed by atoms with Gasteiger partial charge in [0.05, 0.1) is 6.10 Å². The molecular formula is C20H23N3O3. The number of hydrogen-bond donors (Lipinski definition) is 2. The van der Waals surface area contributed by atoms with Gasteiger partial charge in [0.2, 0.25) is 0 Å². The summed E-state index contributed by atoms with van der Waals surface area (Å²) >= 11 is 0. The highest BCUT2D eigenvalue weighted by Gasteiger charge is 2.18. The van der Waals surface area contributed by atoms with Gasteiger partial charge in [0, 0.05) is 30.6 Å². The molecule has 6 nitrogen and oxygen atoms in total. The Kier molecular flexibility index (Phi) is 5.63. The average molecular weight is 353 g/mol. The molecule has 2 N–H and O–H groups in total. The van der Waals surface area contributed by atoms with Gasteiger partial charge in [-0.05, 0) is 49.9 Å². The van der Waals surface area contributed by atoms with Crippen molar-refractivity contribution in [2.24, 2.45) is 0 Å². The zero-order chi connectivity index (χ0) is 18.5. The summed E-state index contributed by atoms with van der Waals surface area (Å²) in [6.07, 6.45) is 3.51. The van der Waals surface area contributed by atoms with Crippen LogP contribution in [0.4, 0.5) is 5.69 Å². The topological polar surface area (TPSA) is 80.3 Å². The van der Waals surface area contributed by atoms with E-state index in [9.17, 15) is 9.59 Å². The smallest absolute Gasteiger partial charge is 0.269 e. The summed E-state index contributed by atoms with van der Waals surface area (Å²) in [5, 5.41) is 5.74. The molecule has 26 heavy (non-hydrogen) atoms. The van der Waals surface area contributed by atoms with Gasteiger partial charge < -0.3 is 15.4 Å². The van der Waals surface area contributed by atoms with E-state index in [0.717, 1.165) is 36.3 Å². The number of para-hydroxylation sites is 1. The average Bonchev–Trinajstić information content (AvgIpc) is 3.16. The number of ether oxygens (including phenoxy) is 1. The quantitative estimate of drug-likeness (QED) is 0.866. The molecule has 0 aliphatic carbocycles. The molecule has 1 aromatic carbocycles. The summed E-state index contributed by atoms with van der Waals surface area (Å²) in [6, 6.07) is 8.94. The third-order valence-corrected chi connectivity index (χ3v) is 4.49. The van der Waals surface area contributed by atoms with Crippen molar-refractivity contribution in [3.63, 3.8) is 0 Å². The van der Waals surface area contributed by atoms with Crippen LogP contribution in [0.25, 0.3) is 0 Å². The second-order valence-corrected chi connectivity index (χ2v) is 6.50.